The molecule has 0 aromatic carbocycles. The Morgan fingerprint density at radius 3 is 2.17 bits per heavy atom. The number of carbonyl (C=O) groups is 2. The van der Waals surface area contributed by atoms with Crippen LogP contribution in [0.15, 0.2) is 0 Å². The van der Waals surface area contributed by atoms with Gasteiger partial charge in [0.05, 0.1) is 12.2 Å². The van der Waals surface area contributed by atoms with Gasteiger partial charge in [-0.25, -0.2) is 9.59 Å². The van der Waals surface area contributed by atoms with Gasteiger partial charge in [-0.3, -0.25) is 9.58 Å². The SMILES string of the molecule is CN(C(=O)OC(C)(C)C)c1nn2c(c1B(O)O)CN(C(=O)OC(C)(C)C)CCC2. The highest BCUT2D eigenvalue weighted by Gasteiger charge is 2.35. The molecule has 0 radical (unpaired) electrons. The first-order chi connectivity index (χ1) is 13.2. The monoisotopic (exact) mass is 410 g/mol. The van der Waals surface area contributed by atoms with Gasteiger partial charge in [-0.05, 0) is 48.0 Å². The molecule has 2 amide bonds. The van der Waals surface area contributed by atoms with Crippen LogP contribution in [-0.2, 0) is 22.6 Å². The second-order valence-corrected chi connectivity index (χ2v) is 9.08. The topological polar surface area (TPSA) is 117 Å². The van der Waals surface area contributed by atoms with E-state index < -0.39 is 30.5 Å². The second-order valence-electron chi connectivity index (χ2n) is 9.08. The summed E-state index contributed by atoms with van der Waals surface area (Å²) < 4.78 is 12.4. The van der Waals surface area contributed by atoms with Crippen LogP contribution in [0.4, 0.5) is 15.4 Å². The van der Waals surface area contributed by atoms with Crippen molar-refractivity contribution in [2.45, 2.75) is 72.3 Å². The van der Waals surface area contributed by atoms with Gasteiger partial charge in [0.25, 0.3) is 0 Å². The van der Waals surface area contributed by atoms with E-state index in [1.54, 1.807) is 46.2 Å². The van der Waals surface area contributed by atoms with E-state index in [4.69, 9.17) is 9.47 Å². The Hall–Kier alpha value is -2.27. The molecule has 0 spiro atoms. The van der Waals surface area contributed by atoms with E-state index >= 15 is 0 Å². The van der Waals surface area contributed by atoms with Gasteiger partial charge in [0.1, 0.15) is 11.2 Å². The molecule has 162 valence electrons. The fourth-order valence-electron chi connectivity index (χ4n) is 2.93. The zero-order valence-electron chi connectivity index (χ0n) is 18.2. The average molecular weight is 410 g/mol. The minimum absolute atomic E-state index is 0.0637. The summed E-state index contributed by atoms with van der Waals surface area (Å²) in [4.78, 5) is 27.6. The summed E-state index contributed by atoms with van der Waals surface area (Å²) in [5.41, 5.74) is -0.860. The third-order valence-electron chi connectivity index (χ3n) is 4.11. The van der Waals surface area contributed by atoms with Crippen molar-refractivity contribution in [1.82, 2.24) is 14.7 Å². The third kappa shape index (κ3) is 5.86. The summed E-state index contributed by atoms with van der Waals surface area (Å²) in [6.07, 6.45) is -0.561. The molecule has 0 atom stereocenters. The van der Waals surface area contributed by atoms with Gasteiger partial charge in [-0.15, -0.1) is 0 Å². The van der Waals surface area contributed by atoms with Crippen molar-refractivity contribution in [1.29, 1.82) is 0 Å². The van der Waals surface area contributed by atoms with E-state index in [0.717, 1.165) is 4.90 Å². The summed E-state index contributed by atoms with van der Waals surface area (Å²) in [5, 5.41) is 24.4. The molecule has 0 saturated carbocycles. The zero-order chi connectivity index (χ0) is 22.1. The minimum atomic E-state index is -1.88. The number of ether oxygens (including phenoxy) is 2. The lowest BCUT2D eigenvalue weighted by atomic mass is 9.79. The summed E-state index contributed by atoms with van der Waals surface area (Å²) in [6.45, 7) is 11.5. The molecule has 2 N–H and O–H groups in total. The molecule has 1 aromatic heterocycles. The van der Waals surface area contributed by atoms with Crippen LogP contribution < -0.4 is 10.4 Å². The molecule has 11 heteroatoms. The molecule has 29 heavy (non-hydrogen) atoms. The second kappa shape index (κ2) is 8.23. The first-order valence-electron chi connectivity index (χ1n) is 9.60. The Morgan fingerprint density at radius 2 is 1.66 bits per heavy atom. The quantitative estimate of drug-likeness (QED) is 0.701. The summed E-state index contributed by atoms with van der Waals surface area (Å²) >= 11 is 0. The number of hydrogen-bond acceptors (Lipinski definition) is 7. The number of amides is 2. The maximum Gasteiger partial charge on any atom is 0.494 e. The van der Waals surface area contributed by atoms with Gasteiger partial charge < -0.3 is 24.4 Å². The average Bonchev–Trinajstić information content (AvgIpc) is 2.75. The number of anilines is 1. The van der Waals surface area contributed by atoms with Crippen molar-refractivity contribution in [2.75, 3.05) is 18.5 Å². The molecule has 1 aliphatic rings. The van der Waals surface area contributed by atoms with Crippen LogP contribution in [0.25, 0.3) is 0 Å². The van der Waals surface area contributed by atoms with E-state index in [0.29, 0.717) is 25.2 Å². The summed E-state index contributed by atoms with van der Waals surface area (Å²) in [7, 11) is -0.425. The van der Waals surface area contributed by atoms with Crippen LogP contribution in [0.5, 0.6) is 0 Å². The number of rotatable bonds is 2. The van der Waals surface area contributed by atoms with Crippen LogP contribution in [0, 0.1) is 0 Å². The molecule has 2 heterocycles. The maximum absolute atomic E-state index is 12.5. The molecular formula is C18H31BN4O6. The van der Waals surface area contributed by atoms with Crippen LogP contribution in [0.3, 0.4) is 0 Å². The fraction of sp³-hybridized carbons (Fsp3) is 0.722. The smallest absolute Gasteiger partial charge is 0.444 e. The minimum Gasteiger partial charge on any atom is -0.444 e. The van der Waals surface area contributed by atoms with E-state index in [1.165, 1.54) is 11.9 Å². The van der Waals surface area contributed by atoms with Gasteiger partial charge >= 0.3 is 19.3 Å². The van der Waals surface area contributed by atoms with Crippen molar-refractivity contribution in [3.05, 3.63) is 5.69 Å². The van der Waals surface area contributed by atoms with Crippen LogP contribution in [0.1, 0.15) is 53.7 Å². The normalized spacial score (nSPS) is 14.7. The highest BCUT2D eigenvalue weighted by molar-refractivity contribution is 6.61. The molecule has 0 aliphatic carbocycles. The number of hydrogen-bond donors (Lipinski definition) is 2. The Morgan fingerprint density at radius 1 is 1.07 bits per heavy atom. The highest BCUT2D eigenvalue weighted by atomic mass is 16.6. The fourth-order valence-corrected chi connectivity index (χ4v) is 2.93. The summed E-state index contributed by atoms with van der Waals surface area (Å²) in [5.74, 6) is 0.0790. The van der Waals surface area contributed by atoms with E-state index in [9.17, 15) is 19.6 Å². The first kappa shape index (κ1) is 23.0. The van der Waals surface area contributed by atoms with E-state index in [2.05, 4.69) is 5.10 Å². The zero-order valence-corrected chi connectivity index (χ0v) is 18.2. The predicted octanol–water partition coefficient (Wildman–Crippen LogP) is 1.07. The number of carbonyl (C=O) groups excluding carboxylic acids is 2. The van der Waals surface area contributed by atoms with Crippen molar-refractivity contribution in [3.63, 3.8) is 0 Å². The van der Waals surface area contributed by atoms with Crippen molar-refractivity contribution in [2.24, 2.45) is 0 Å². The highest BCUT2D eigenvalue weighted by Crippen LogP contribution is 2.21. The standard InChI is InChI=1S/C18H31BN4O6/c1-17(2,3)28-15(24)21(7)14-13(19(26)27)12-11-22(9-8-10-23(12)20-14)16(25)29-18(4,5)6/h26-27H,8-11H2,1-7H3. The lowest BCUT2D eigenvalue weighted by molar-refractivity contribution is 0.0236. The molecule has 1 aromatic rings. The lowest BCUT2D eigenvalue weighted by Crippen LogP contribution is -2.43. The largest absolute Gasteiger partial charge is 0.494 e. The molecule has 0 bridgehead atoms. The third-order valence-corrected chi connectivity index (χ3v) is 4.11. The lowest BCUT2D eigenvalue weighted by Gasteiger charge is -2.26. The van der Waals surface area contributed by atoms with Gasteiger partial charge in [0.15, 0.2) is 5.82 Å². The Balaban J connectivity index is 2.37. The number of fused-ring (bicyclic) bond motifs is 1. The van der Waals surface area contributed by atoms with Gasteiger partial charge in [-0.2, -0.15) is 5.10 Å². The Bertz CT molecular complexity index is 766. The number of nitrogens with zero attached hydrogens (tertiary/aromatic N) is 4. The van der Waals surface area contributed by atoms with Gasteiger partial charge in [0, 0.05) is 25.6 Å². The first-order valence-corrected chi connectivity index (χ1v) is 9.60. The van der Waals surface area contributed by atoms with E-state index in [1.807, 2.05) is 0 Å². The Kier molecular flexibility index (Phi) is 6.53. The van der Waals surface area contributed by atoms with Crippen LogP contribution >= 0.6 is 0 Å². The Labute approximate surface area is 171 Å². The van der Waals surface area contributed by atoms with Crippen molar-refractivity contribution in [3.8, 4) is 0 Å². The molecule has 0 fully saturated rings. The van der Waals surface area contributed by atoms with Crippen molar-refractivity contribution >= 4 is 30.6 Å². The summed E-state index contributed by atoms with van der Waals surface area (Å²) in [6, 6.07) is 0. The van der Waals surface area contributed by atoms with Crippen LogP contribution in [0.2, 0.25) is 0 Å². The van der Waals surface area contributed by atoms with Gasteiger partial charge in [0.2, 0.25) is 0 Å². The van der Waals surface area contributed by atoms with Gasteiger partial charge in [-0.1, -0.05) is 0 Å². The molecule has 10 nitrogen and oxygen atoms in total. The molecule has 1 aliphatic heterocycles. The van der Waals surface area contributed by atoms with Crippen molar-refractivity contribution < 1.29 is 29.1 Å². The molecule has 0 saturated heterocycles. The number of aromatic nitrogens is 2. The van der Waals surface area contributed by atoms with Crippen LogP contribution in [-0.4, -0.2) is 68.8 Å². The molecular weight excluding hydrogens is 379 g/mol. The number of aryl methyl sites for hydroxylation is 1. The predicted molar refractivity (Wildman–Crippen MR) is 108 cm³/mol. The molecule has 0 unspecified atom stereocenters. The van der Waals surface area contributed by atoms with E-state index in [-0.39, 0.29) is 17.8 Å². The maximum atomic E-state index is 12.5. The molecule has 2 rings (SSSR count).